The Bertz CT molecular complexity index is 1240. The van der Waals surface area contributed by atoms with Gasteiger partial charge in [0.05, 0.1) is 23.3 Å². The lowest BCUT2D eigenvalue weighted by Crippen LogP contribution is -2.26. The molecule has 4 aromatic rings. The van der Waals surface area contributed by atoms with Gasteiger partial charge in [-0.3, -0.25) is 9.59 Å². The monoisotopic (exact) mass is 399 g/mol. The quantitative estimate of drug-likeness (QED) is 0.536. The van der Waals surface area contributed by atoms with E-state index in [9.17, 15) is 9.59 Å². The van der Waals surface area contributed by atoms with Gasteiger partial charge in [-0.2, -0.15) is 0 Å². The maximum absolute atomic E-state index is 12.6. The van der Waals surface area contributed by atoms with Crippen molar-refractivity contribution in [1.82, 2.24) is 15.0 Å². The number of hydrogen-bond donors (Lipinski definition) is 1. The molecule has 0 aliphatic rings. The number of rotatable bonds is 6. The van der Waals surface area contributed by atoms with E-state index in [-0.39, 0.29) is 24.4 Å². The summed E-state index contributed by atoms with van der Waals surface area (Å²) in [5.41, 5.74) is 2.88. The van der Waals surface area contributed by atoms with Crippen molar-refractivity contribution in [2.24, 2.45) is 0 Å². The molecule has 0 unspecified atom stereocenters. The Balaban J connectivity index is 1.48. The number of hydrogen-bond acceptors (Lipinski definition) is 5. The summed E-state index contributed by atoms with van der Waals surface area (Å²) in [7, 11) is 1.95. The molecule has 1 heterocycles. The van der Waals surface area contributed by atoms with E-state index in [1.807, 2.05) is 66.5 Å². The average Bonchev–Trinajstić information content (AvgIpc) is 2.79. The fraction of sp³-hybridized carbons (Fsp3) is 0.130. The highest BCUT2D eigenvalue weighted by atomic mass is 16.2. The highest BCUT2D eigenvalue weighted by molar-refractivity contribution is 5.95. The minimum Gasteiger partial charge on any atom is -0.343 e. The second-order valence-electron chi connectivity index (χ2n) is 6.84. The zero-order valence-corrected chi connectivity index (χ0v) is 16.5. The third kappa shape index (κ3) is 4.05. The zero-order chi connectivity index (χ0) is 20.9. The number of aryl methyl sites for hydroxylation is 1. The van der Waals surface area contributed by atoms with Crippen LogP contribution in [0, 0.1) is 0 Å². The molecule has 4 rings (SSSR count). The first-order valence-corrected chi connectivity index (χ1v) is 9.64. The first kappa shape index (κ1) is 19.3. The fourth-order valence-corrected chi connectivity index (χ4v) is 3.25. The molecule has 0 aliphatic carbocycles. The van der Waals surface area contributed by atoms with Crippen molar-refractivity contribution in [3.8, 4) is 0 Å². The van der Waals surface area contributed by atoms with Crippen LogP contribution in [0.25, 0.3) is 10.9 Å². The number of nitrogens with zero attached hydrogens (tertiary/aromatic N) is 4. The first-order chi connectivity index (χ1) is 14.6. The molecule has 1 N–H and O–H groups in total. The van der Waals surface area contributed by atoms with Crippen molar-refractivity contribution in [3.63, 3.8) is 0 Å². The van der Waals surface area contributed by atoms with Crippen LogP contribution in [-0.4, -0.2) is 27.9 Å². The molecule has 150 valence electrons. The van der Waals surface area contributed by atoms with E-state index in [1.54, 1.807) is 24.3 Å². The molecule has 0 fully saturated rings. The summed E-state index contributed by atoms with van der Waals surface area (Å²) in [4.78, 5) is 27.1. The molecule has 1 amide bonds. The Morgan fingerprint density at radius 1 is 0.967 bits per heavy atom. The second-order valence-corrected chi connectivity index (χ2v) is 6.84. The molecule has 0 bridgehead atoms. The van der Waals surface area contributed by atoms with Gasteiger partial charge in [0.25, 0.3) is 5.56 Å². The van der Waals surface area contributed by atoms with E-state index in [4.69, 9.17) is 0 Å². The van der Waals surface area contributed by atoms with Crippen LogP contribution < -0.4 is 15.8 Å². The van der Waals surface area contributed by atoms with Crippen LogP contribution in [0.1, 0.15) is 6.42 Å². The van der Waals surface area contributed by atoms with Crippen molar-refractivity contribution in [1.29, 1.82) is 0 Å². The van der Waals surface area contributed by atoms with Gasteiger partial charge < -0.3 is 10.2 Å². The SMILES string of the molecule is CN(c1ccccc1)c1ccccc1NC(=O)CCn1nnc2ccccc2c1=O. The number of amides is 1. The molecular weight excluding hydrogens is 378 g/mol. The van der Waals surface area contributed by atoms with Gasteiger partial charge >= 0.3 is 0 Å². The molecule has 0 saturated carbocycles. The van der Waals surface area contributed by atoms with Gasteiger partial charge in [0.1, 0.15) is 5.52 Å². The molecule has 3 aromatic carbocycles. The van der Waals surface area contributed by atoms with Gasteiger partial charge in [-0.1, -0.05) is 47.7 Å². The maximum atomic E-state index is 12.6. The Morgan fingerprint density at radius 3 is 2.50 bits per heavy atom. The summed E-state index contributed by atoms with van der Waals surface area (Å²) in [5.74, 6) is -0.203. The zero-order valence-electron chi connectivity index (χ0n) is 16.5. The predicted molar refractivity (Wildman–Crippen MR) is 118 cm³/mol. The Kier molecular flexibility index (Phi) is 5.52. The number of carbonyl (C=O) groups excluding carboxylic acids is 1. The second kappa shape index (κ2) is 8.57. The summed E-state index contributed by atoms with van der Waals surface area (Å²) >= 11 is 0. The summed E-state index contributed by atoms with van der Waals surface area (Å²) in [6.07, 6.45) is 0.107. The van der Waals surface area contributed by atoms with Crippen molar-refractivity contribution in [3.05, 3.63) is 89.2 Å². The lowest BCUT2D eigenvalue weighted by atomic mass is 10.2. The van der Waals surface area contributed by atoms with E-state index < -0.39 is 0 Å². The number of para-hydroxylation sites is 3. The summed E-state index contributed by atoms with van der Waals surface area (Å²) in [6, 6.07) is 24.5. The van der Waals surface area contributed by atoms with Crippen molar-refractivity contribution < 1.29 is 4.79 Å². The van der Waals surface area contributed by atoms with Crippen LogP contribution in [-0.2, 0) is 11.3 Å². The normalized spacial score (nSPS) is 10.7. The first-order valence-electron chi connectivity index (χ1n) is 9.64. The molecule has 7 heteroatoms. The lowest BCUT2D eigenvalue weighted by molar-refractivity contribution is -0.116. The molecular formula is C23H21N5O2. The third-order valence-electron chi connectivity index (χ3n) is 4.86. The smallest absolute Gasteiger partial charge is 0.277 e. The molecule has 0 atom stereocenters. The summed E-state index contributed by atoms with van der Waals surface area (Å²) < 4.78 is 1.23. The molecule has 0 radical (unpaired) electrons. The number of anilines is 3. The fourth-order valence-electron chi connectivity index (χ4n) is 3.25. The highest BCUT2D eigenvalue weighted by Crippen LogP contribution is 2.30. The van der Waals surface area contributed by atoms with Gasteiger partial charge in [0.15, 0.2) is 0 Å². The van der Waals surface area contributed by atoms with Crippen LogP contribution in [0.3, 0.4) is 0 Å². The minimum atomic E-state index is -0.252. The van der Waals surface area contributed by atoms with E-state index in [2.05, 4.69) is 15.6 Å². The largest absolute Gasteiger partial charge is 0.343 e. The van der Waals surface area contributed by atoms with Gasteiger partial charge in [-0.05, 0) is 36.4 Å². The summed E-state index contributed by atoms with van der Waals surface area (Å²) in [5, 5.41) is 11.4. The van der Waals surface area contributed by atoms with Gasteiger partial charge in [-0.15, -0.1) is 5.10 Å². The van der Waals surface area contributed by atoms with E-state index in [1.165, 1.54) is 4.68 Å². The predicted octanol–water partition coefficient (Wildman–Crippen LogP) is 3.59. The number of benzene rings is 3. The Morgan fingerprint density at radius 2 is 1.67 bits per heavy atom. The van der Waals surface area contributed by atoms with Crippen LogP contribution in [0.15, 0.2) is 83.7 Å². The molecule has 7 nitrogen and oxygen atoms in total. The average molecular weight is 399 g/mol. The summed E-state index contributed by atoms with van der Waals surface area (Å²) in [6.45, 7) is 0.152. The van der Waals surface area contributed by atoms with E-state index in [0.29, 0.717) is 16.6 Å². The maximum Gasteiger partial charge on any atom is 0.277 e. The highest BCUT2D eigenvalue weighted by Gasteiger charge is 2.12. The number of carbonyl (C=O) groups is 1. The number of nitrogens with one attached hydrogen (secondary N) is 1. The number of fused-ring (bicyclic) bond motifs is 1. The topological polar surface area (TPSA) is 80.1 Å². The van der Waals surface area contributed by atoms with Crippen LogP contribution in [0.2, 0.25) is 0 Å². The van der Waals surface area contributed by atoms with Crippen molar-refractivity contribution in [2.45, 2.75) is 13.0 Å². The van der Waals surface area contributed by atoms with Crippen LogP contribution >= 0.6 is 0 Å². The Hall–Kier alpha value is -4.00. The molecule has 0 saturated heterocycles. The van der Waals surface area contributed by atoms with Gasteiger partial charge in [-0.25, -0.2) is 4.68 Å². The molecule has 0 aliphatic heterocycles. The molecule has 30 heavy (non-hydrogen) atoms. The minimum absolute atomic E-state index is 0.107. The van der Waals surface area contributed by atoms with Crippen molar-refractivity contribution >= 4 is 33.9 Å². The van der Waals surface area contributed by atoms with Crippen LogP contribution in [0.5, 0.6) is 0 Å². The van der Waals surface area contributed by atoms with Gasteiger partial charge in [0, 0.05) is 19.2 Å². The van der Waals surface area contributed by atoms with Crippen molar-refractivity contribution in [2.75, 3.05) is 17.3 Å². The van der Waals surface area contributed by atoms with Crippen LogP contribution in [0.4, 0.5) is 17.1 Å². The lowest BCUT2D eigenvalue weighted by Gasteiger charge is -2.22. The molecule has 0 spiro atoms. The van der Waals surface area contributed by atoms with E-state index >= 15 is 0 Å². The van der Waals surface area contributed by atoms with E-state index in [0.717, 1.165) is 11.4 Å². The standard InChI is InChI=1S/C23H21N5O2/c1-27(17-9-3-2-4-10-17)21-14-8-7-13-20(21)24-22(29)15-16-28-23(30)18-11-5-6-12-19(18)25-26-28/h2-14H,15-16H2,1H3,(H,24,29). The third-order valence-corrected chi connectivity index (χ3v) is 4.86. The number of aromatic nitrogens is 3. The Labute approximate surface area is 173 Å². The van der Waals surface area contributed by atoms with Gasteiger partial charge in [0.2, 0.25) is 5.91 Å². The molecule has 1 aromatic heterocycles.